The number of benzene rings is 1. The Hall–Kier alpha value is -1.04. The minimum Gasteiger partial charge on any atom is -0.0880 e. The van der Waals surface area contributed by atoms with Crippen LogP contribution in [0.15, 0.2) is 36.4 Å². The van der Waals surface area contributed by atoms with Crippen molar-refractivity contribution in [3.63, 3.8) is 0 Å². The molecule has 1 aromatic rings. The highest BCUT2D eigenvalue weighted by Crippen LogP contribution is 2.36. The first kappa shape index (κ1) is 11.4. The van der Waals surface area contributed by atoms with E-state index in [4.69, 9.17) is 0 Å². The predicted molar refractivity (Wildman–Crippen MR) is 70.6 cm³/mol. The molecule has 0 N–H and O–H groups in total. The summed E-state index contributed by atoms with van der Waals surface area (Å²) in [5, 5.41) is 0. The summed E-state index contributed by atoms with van der Waals surface area (Å²) in [5.74, 6) is 2.19. The third-order valence-corrected chi connectivity index (χ3v) is 3.86. The number of aryl methyl sites for hydroxylation is 1. The van der Waals surface area contributed by atoms with E-state index in [1.54, 1.807) is 5.56 Å². The molecule has 0 aromatic heterocycles. The minimum atomic E-state index is 0.672. The summed E-state index contributed by atoms with van der Waals surface area (Å²) >= 11 is 0. The van der Waals surface area contributed by atoms with Crippen molar-refractivity contribution >= 4 is 0 Å². The summed E-state index contributed by atoms with van der Waals surface area (Å²) in [6.45, 7) is 6.96. The fraction of sp³-hybridized carbons (Fsp3) is 0.500. The van der Waals surface area contributed by atoms with E-state index in [1.165, 1.54) is 18.4 Å². The van der Waals surface area contributed by atoms with E-state index in [0.29, 0.717) is 11.8 Å². The zero-order valence-corrected chi connectivity index (χ0v) is 10.6. The average molecular weight is 214 g/mol. The molecule has 0 aliphatic heterocycles. The van der Waals surface area contributed by atoms with Crippen LogP contribution in [0, 0.1) is 18.8 Å². The van der Waals surface area contributed by atoms with Gasteiger partial charge in [0.25, 0.3) is 0 Å². The first-order valence-electron chi connectivity index (χ1n) is 6.40. The Kier molecular flexibility index (Phi) is 3.48. The van der Waals surface area contributed by atoms with Crippen molar-refractivity contribution in [3.05, 3.63) is 47.5 Å². The summed E-state index contributed by atoms with van der Waals surface area (Å²) in [6.07, 6.45) is 7.33. The molecule has 1 aromatic carbocycles. The smallest absolute Gasteiger partial charge is 0.00964 e. The first-order valence-corrected chi connectivity index (χ1v) is 6.40. The largest absolute Gasteiger partial charge is 0.0880 e. The van der Waals surface area contributed by atoms with Crippen LogP contribution >= 0.6 is 0 Å². The lowest BCUT2D eigenvalue weighted by Gasteiger charge is -2.24. The molecule has 0 nitrogen and oxygen atoms in total. The average Bonchev–Trinajstić information content (AvgIpc) is 2.42. The normalized spacial score (nSPS) is 30.1. The van der Waals surface area contributed by atoms with E-state index in [-0.39, 0.29) is 0 Å². The highest BCUT2D eigenvalue weighted by molar-refractivity contribution is 5.30. The SMILES string of the molecule is Cc1ccccc1C1CC(C)CC=CC1C. The van der Waals surface area contributed by atoms with Gasteiger partial charge in [-0.25, -0.2) is 0 Å². The number of hydrogen-bond donors (Lipinski definition) is 0. The van der Waals surface area contributed by atoms with E-state index < -0.39 is 0 Å². The van der Waals surface area contributed by atoms with Crippen molar-refractivity contribution in [1.82, 2.24) is 0 Å². The lowest BCUT2D eigenvalue weighted by atomic mass is 9.80. The maximum atomic E-state index is 2.40. The number of rotatable bonds is 1. The van der Waals surface area contributed by atoms with Gasteiger partial charge in [-0.3, -0.25) is 0 Å². The van der Waals surface area contributed by atoms with Crippen molar-refractivity contribution in [2.24, 2.45) is 11.8 Å². The number of allylic oxidation sites excluding steroid dienone is 2. The Balaban J connectivity index is 2.31. The lowest BCUT2D eigenvalue weighted by Crippen LogP contribution is -2.11. The molecule has 86 valence electrons. The van der Waals surface area contributed by atoms with Crippen LogP contribution in [-0.2, 0) is 0 Å². The molecular formula is C16H22. The van der Waals surface area contributed by atoms with Gasteiger partial charge >= 0.3 is 0 Å². The monoisotopic (exact) mass is 214 g/mol. The Morgan fingerprint density at radius 3 is 2.62 bits per heavy atom. The van der Waals surface area contributed by atoms with Crippen LogP contribution in [0.2, 0.25) is 0 Å². The van der Waals surface area contributed by atoms with Crippen molar-refractivity contribution < 1.29 is 0 Å². The van der Waals surface area contributed by atoms with Gasteiger partial charge in [-0.2, -0.15) is 0 Å². The molecule has 2 rings (SSSR count). The third kappa shape index (κ3) is 2.37. The second-order valence-corrected chi connectivity index (χ2v) is 5.33. The van der Waals surface area contributed by atoms with Crippen molar-refractivity contribution in [2.75, 3.05) is 0 Å². The maximum absolute atomic E-state index is 2.40. The second-order valence-electron chi connectivity index (χ2n) is 5.33. The van der Waals surface area contributed by atoms with E-state index in [0.717, 1.165) is 5.92 Å². The van der Waals surface area contributed by atoms with E-state index in [9.17, 15) is 0 Å². The van der Waals surface area contributed by atoms with Gasteiger partial charge in [0.1, 0.15) is 0 Å². The minimum absolute atomic E-state index is 0.672. The Labute approximate surface area is 99.4 Å². The van der Waals surface area contributed by atoms with Gasteiger partial charge in [-0.05, 0) is 48.6 Å². The summed E-state index contributed by atoms with van der Waals surface area (Å²) in [4.78, 5) is 0. The molecule has 1 aliphatic carbocycles. The molecule has 0 heteroatoms. The van der Waals surface area contributed by atoms with Crippen molar-refractivity contribution in [2.45, 2.75) is 39.5 Å². The zero-order chi connectivity index (χ0) is 11.5. The van der Waals surface area contributed by atoms with Crippen LogP contribution in [-0.4, -0.2) is 0 Å². The standard InChI is InChI=1S/C16H22/c1-12-7-6-9-14(3)16(11-12)15-10-5-4-8-13(15)2/h4-6,8-10,12,14,16H,7,11H2,1-3H3. The predicted octanol–water partition coefficient (Wildman–Crippen LogP) is 4.70. The topological polar surface area (TPSA) is 0 Å². The summed E-state index contributed by atoms with van der Waals surface area (Å²) in [7, 11) is 0. The van der Waals surface area contributed by atoms with Crippen molar-refractivity contribution in [3.8, 4) is 0 Å². The van der Waals surface area contributed by atoms with E-state index in [1.807, 2.05) is 0 Å². The van der Waals surface area contributed by atoms with Crippen LogP contribution in [0.3, 0.4) is 0 Å². The molecule has 0 saturated heterocycles. The summed E-state index contributed by atoms with van der Waals surface area (Å²) < 4.78 is 0. The van der Waals surface area contributed by atoms with Crippen LogP contribution in [0.25, 0.3) is 0 Å². The first-order chi connectivity index (χ1) is 7.68. The fourth-order valence-corrected chi connectivity index (χ4v) is 2.82. The third-order valence-electron chi connectivity index (χ3n) is 3.86. The molecule has 3 unspecified atom stereocenters. The van der Waals surface area contributed by atoms with Gasteiger partial charge in [-0.15, -0.1) is 0 Å². The van der Waals surface area contributed by atoms with Crippen LogP contribution < -0.4 is 0 Å². The van der Waals surface area contributed by atoms with Gasteiger partial charge in [-0.1, -0.05) is 50.3 Å². The molecule has 0 heterocycles. The zero-order valence-electron chi connectivity index (χ0n) is 10.6. The number of hydrogen-bond acceptors (Lipinski definition) is 0. The highest BCUT2D eigenvalue weighted by atomic mass is 14.3. The van der Waals surface area contributed by atoms with Gasteiger partial charge in [0.15, 0.2) is 0 Å². The Morgan fingerprint density at radius 2 is 1.88 bits per heavy atom. The molecule has 0 radical (unpaired) electrons. The van der Waals surface area contributed by atoms with Crippen LogP contribution in [0.5, 0.6) is 0 Å². The molecule has 0 bridgehead atoms. The lowest BCUT2D eigenvalue weighted by molar-refractivity contribution is 0.430. The molecule has 1 aliphatic rings. The van der Waals surface area contributed by atoms with Crippen molar-refractivity contribution in [1.29, 1.82) is 0 Å². The second kappa shape index (κ2) is 4.86. The van der Waals surface area contributed by atoms with E-state index in [2.05, 4.69) is 57.2 Å². The molecule has 0 fully saturated rings. The molecular weight excluding hydrogens is 192 g/mol. The quantitative estimate of drug-likeness (QED) is 0.594. The molecule has 0 amide bonds. The van der Waals surface area contributed by atoms with Crippen LogP contribution in [0.4, 0.5) is 0 Å². The Bertz CT molecular complexity index is 375. The van der Waals surface area contributed by atoms with Gasteiger partial charge < -0.3 is 0 Å². The van der Waals surface area contributed by atoms with Crippen LogP contribution in [0.1, 0.15) is 43.7 Å². The van der Waals surface area contributed by atoms with E-state index >= 15 is 0 Å². The van der Waals surface area contributed by atoms with Gasteiger partial charge in [0.2, 0.25) is 0 Å². The Morgan fingerprint density at radius 1 is 1.12 bits per heavy atom. The maximum Gasteiger partial charge on any atom is -0.00964 e. The summed E-state index contributed by atoms with van der Waals surface area (Å²) in [5.41, 5.74) is 3.00. The molecule has 3 atom stereocenters. The highest BCUT2D eigenvalue weighted by Gasteiger charge is 2.22. The molecule has 0 spiro atoms. The van der Waals surface area contributed by atoms with Gasteiger partial charge in [0, 0.05) is 0 Å². The molecule has 16 heavy (non-hydrogen) atoms. The summed E-state index contributed by atoms with van der Waals surface area (Å²) in [6, 6.07) is 8.86. The molecule has 0 saturated carbocycles. The van der Waals surface area contributed by atoms with Gasteiger partial charge in [0.05, 0.1) is 0 Å². The fourth-order valence-electron chi connectivity index (χ4n) is 2.82.